The molecule has 88 valence electrons. The van der Waals surface area contributed by atoms with Crippen LogP contribution in [0, 0.1) is 5.92 Å². The Balaban J connectivity index is 1.94. The lowest BCUT2D eigenvalue weighted by atomic mass is 10.1. The van der Waals surface area contributed by atoms with E-state index >= 15 is 0 Å². The summed E-state index contributed by atoms with van der Waals surface area (Å²) in [6.45, 7) is 1.66. The van der Waals surface area contributed by atoms with Gasteiger partial charge in [-0.25, -0.2) is 4.98 Å². The number of aromatic nitrogens is 1. The Bertz CT molecular complexity index is 322. The Labute approximate surface area is 96.2 Å². The van der Waals surface area contributed by atoms with Crippen molar-refractivity contribution < 1.29 is 4.74 Å². The quantitative estimate of drug-likeness (QED) is 0.755. The molecule has 0 radical (unpaired) electrons. The molecule has 1 aromatic heterocycles. The minimum Gasteiger partial charge on any atom is -0.481 e. The molecular formula is C12H19N3O. The normalized spacial score (nSPS) is 17.1. The Morgan fingerprint density at radius 3 is 2.88 bits per heavy atom. The van der Waals surface area contributed by atoms with Gasteiger partial charge in [0.05, 0.1) is 7.11 Å². The number of pyridine rings is 1. The van der Waals surface area contributed by atoms with E-state index in [1.807, 2.05) is 18.3 Å². The smallest absolute Gasteiger partial charge is 0.212 e. The van der Waals surface area contributed by atoms with E-state index in [0.29, 0.717) is 12.4 Å². The Hall–Kier alpha value is -1.13. The Kier molecular flexibility index (Phi) is 3.74. The molecule has 2 rings (SSSR count). The van der Waals surface area contributed by atoms with Gasteiger partial charge in [-0.3, -0.25) is 0 Å². The number of ether oxygens (including phenoxy) is 1. The number of rotatable bonds is 6. The van der Waals surface area contributed by atoms with Crippen molar-refractivity contribution in [3.8, 4) is 5.88 Å². The summed E-state index contributed by atoms with van der Waals surface area (Å²) >= 11 is 0. The topological polar surface area (TPSA) is 60.2 Å². The minimum atomic E-state index is 0.207. The average molecular weight is 221 g/mol. The molecule has 1 aliphatic rings. The molecule has 1 aliphatic carbocycles. The summed E-state index contributed by atoms with van der Waals surface area (Å²) in [5.74, 6) is 1.50. The van der Waals surface area contributed by atoms with E-state index in [0.717, 1.165) is 18.0 Å². The van der Waals surface area contributed by atoms with Crippen molar-refractivity contribution in [1.29, 1.82) is 0 Å². The zero-order chi connectivity index (χ0) is 11.4. The van der Waals surface area contributed by atoms with Gasteiger partial charge in [0.1, 0.15) is 0 Å². The van der Waals surface area contributed by atoms with Gasteiger partial charge in [0, 0.05) is 24.8 Å². The number of hydrogen-bond acceptors (Lipinski definition) is 4. The van der Waals surface area contributed by atoms with Crippen LogP contribution >= 0.6 is 0 Å². The van der Waals surface area contributed by atoms with Gasteiger partial charge in [0.15, 0.2) is 0 Å². The highest BCUT2D eigenvalue weighted by atomic mass is 16.5. The van der Waals surface area contributed by atoms with E-state index in [2.05, 4.69) is 10.3 Å². The average Bonchev–Trinajstić information content (AvgIpc) is 3.15. The van der Waals surface area contributed by atoms with Gasteiger partial charge in [-0.1, -0.05) is 6.07 Å². The van der Waals surface area contributed by atoms with E-state index in [9.17, 15) is 0 Å². The van der Waals surface area contributed by atoms with Crippen molar-refractivity contribution in [3.63, 3.8) is 0 Å². The monoisotopic (exact) mass is 221 g/mol. The molecule has 1 aromatic rings. The number of hydrogen-bond donors (Lipinski definition) is 2. The van der Waals surface area contributed by atoms with Crippen LogP contribution in [-0.2, 0) is 0 Å². The molecule has 1 atom stereocenters. The SMILES string of the molecule is COc1ccc(C(CN)NCC2CC2)cn1. The first kappa shape index (κ1) is 11.4. The van der Waals surface area contributed by atoms with E-state index in [1.165, 1.54) is 12.8 Å². The third-order valence-electron chi connectivity index (χ3n) is 2.96. The Morgan fingerprint density at radius 2 is 2.38 bits per heavy atom. The highest BCUT2D eigenvalue weighted by Gasteiger charge is 2.22. The van der Waals surface area contributed by atoms with E-state index in [-0.39, 0.29) is 6.04 Å². The molecule has 16 heavy (non-hydrogen) atoms. The predicted octanol–water partition coefficient (Wildman–Crippen LogP) is 1.09. The summed E-state index contributed by atoms with van der Waals surface area (Å²) in [6.07, 6.45) is 4.53. The molecule has 0 amide bonds. The van der Waals surface area contributed by atoms with Gasteiger partial charge in [-0.15, -0.1) is 0 Å². The molecule has 3 N–H and O–H groups in total. The van der Waals surface area contributed by atoms with Crippen LogP contribution < -0.4 is 15.8 Å². The highest BCUT2D eigenvalue weighted by Crippen LogP contribution is 2.28. The summed E-state index contributed by atoms with van der Waals surface area (Å²) in [6, 6.07) is 4.10. The highest BCUT2D eigenvalue weighted by molar-refractivity contribution is 5.21. The first-order valence-electron chi connectivity index (χ1n) is 5.77. The fraction of sp³-hybridized carbons (Fsp3) is 0.583. The van der Waals surface area contributed by atoms with E-state index < -0.39 is 0 Å². The second kappa shape index (κ2) is 5.27. The Morgan fingerprint density at radius 1 is 1.56 bits per heavy atom. The zero-order valence-electron chi connectivity index (χ0n) is 9.65. The van der Waals surface area contributed by atoms with Crippen LogP contribution in [0.25, 0.3) is 0 Å². The lowest BCUT2D eigenvalue weighted by molar-refractivity contribution is 0.397. The molecule has 4 heteroatoms. The van der Waals surface area contributed by atoms with Crippen molar-refractivity contribution >= 4 is 0 Å². The van der Waals surface area contributed by atoms with Crippen LogP contribution in [0.15, 0.2) is 18.3 Å². The molecule has 0 saturated heterocycles. The van der Waals surface area contributed by atoms with Crippen LogP contribution in [0.4, 0.5) is 0 Å². The van der Waals surface area contributed by atoms with Crippen LogP contribution in [0.2, 0.25) is 0 Å². The second-order valence-electron chi connectivity index (χ2n) is 4.27. The molecule has 0 bridgehead atoms. The van der Waals surface area contributed by atoms with Gasteiger partial charge < -0.3 is 15.8 Å². The number of methoxy groups -OCH3 is 1. The van der Waals surface area contributed by atoms with Gasteiger partial charge >= 0.3 is 0 Å². The maximum atomic E-state index is 5.76. The summed E-state index contributed by atoms with van der Waals surface area (Å²) in [7, 11) is 1.62. The molecule has 1 fully saturated rings. The van der Waals surface area contributed by atoms with Crippen molar-refractivity contribution in [2.45, 2.75) is 18.9 Å². The fourth-order valence-electron chi connectivity index (χ4n) is 1.69. The maximum absolute atomic E-state index is 5.76. The number of nitrogens with one attached hydrogen (secondary N) is 1. The van der Waals surface area contributed by atoms with Crippen molar-refractivity contribution in [1.82, 2.24) is 10.3 Å². The number of nitrogens with zero attached hydrogens (tertiary/aromatic N) is 1. The van der Waals surface area contributed by atoms with Gasteiger partial charge in [-0.05, 0) is 30.9 Å². The maximum Gasteiger partial charge on any atom is 0.212 e. The summed E-state index contributed by atoms with van der Waals surface area (Å²) in [5, 5.41) is 3.48. The minimum absolute atomic E-state index is 0.207. The molecule has 0 spiro atoms. The molecular weight excluding hydrogens is 202 g/mol. The summed E-state index contributed by atoms with van der Waals surface area (Å²) in [4.78, 5) is 4.19. The van der Waals surface area contributed by atoms with Gasteiger partial charge in [0.2, 0.25) is 5.88 Å². The van der Waals surface area contributed by atoms with Crippen LogP contribution in [0.3, 0.4) is 0 Å². The van der Waals surface area contributed by atoms with Crippen molar-refractivity contribution in [2.75, 3.05) is 20.2 Å². The lowest BCUT2D eigenvalue weighted by Gasteiger charge is -2.16. The second-order valence-corrected chi connectivity index (χ2v) is 4.27. The van der Waals surface area contributed by atoms with Gasteiger partial charge in [-0.2, -0.15) is 0 Å². The lowest BCUT2D eigenvalue weighted by Crippen LogP contribution is -2.29. The third-order valence-corrected chi connectivity index (χ3v) is 2.96. The first-order chi connectivity index (χ1) is 7.83. The first-order valence-corrected chi connectivity index (χ1v) is 5.77. The fourth-order valence-corrected chi connectivity index (χ4v) is 1.69. The van der Waals surface area contributed by atoms with Crippen LogP contribution in [0.5, 0.6) is 5.88 Å². The van der Waals surface area contributed by atoms with Crippen LogP contribution in [-0.4, -0.2) is 25.2 Å². The van der Waals surface area contributed by atoms with Gasteiger partial charge in [0.25, 0.3) is 0 Å². The largest absolute Gasteiger partial charge is 0.481 e. The molecule has 1 unspecified atom stereocenters. The standard InChI is InChI=1S/C12H19N3O/c1-16-12-5-4-10(8-15-12)11(6-13)14-7-9-2-3-9/h4-5,8-9,11,14H,2-3,6-7,13H2,1H3. The molecule has 0 aliphatic heterocycles. The molecule has 0 aromatic carbocycles. The number of nitrogens with two attached hydrogens (primary N) is 1. The van der Waals surface area contributed by atoms with E-state index in [4.69, 9.17) is 10.5 Å². The van der Waals surface area contributed by atoms with Crippen LogP contribution in [0.1, 0.15) is 24.4 Å². The molecule has 1 heterocycles. The van der Waals surface area contributed by atoms with Crippen molar-refractivity contribution in [2.24, 2.45) is 11.7 Å². The predicted molar refractivity (Wildman–Crippen MR) is 63.3 cm³/mol. The molecule has 1 saturated carbocycles. The van der Waals surface area contributed by atoms with Crippen molar-refractivity contribution in [3.05, 3.63) is 23.9 Å². The van der Waals surface area contributed by atoms with E-state index in [1.54, 1.807) is 7.11 Å². The molecule has 4 nitrogen and oxygen atoms in total. The zero-order valence-corrected chi connectivity index (χ0v) is 9.65. The summed E-state index contributed by atoms with van der Waals surface area (Å²) < 4.78 is 5.03. The summed E-state index contributed by atoms with van der Waals surface area (Å²) in [5.41, 5.74) is 6.89. The third kappa shape index (κ3) is 2.93.